The summed E-state index contributed by atoms with van der Waals surface area (Å²) in [6.07, 6.45) is 0. The quantitative estimate of drug-likeness (QED) is 0.768. The van der Waals surface area contributed by atoms with Gasteiger partial charge in [0.25, 0.3) is 0 Å². The molecular weight excluding hydrogens is 212 g/mol. The molecule has 3 N–H and O–H groups in total. The van der Waals surface area contributed by atoms with Crippen LogP contribution in [0.2, 0.25) is 0 Å². The zero-order chi connectivity index (χ0) is 11.3. The third kappa shape index (κ3) is 4.42. The lowest BCUT2D eigenvalue weighted by atomic mass is 10.2. The monoisotopic (exact) mass is 228 g/mol. The van der Waals surface area contributed by atoms with Crippen LogP contribution >= 0.6 is 0 Å². The van der Waals surface area contributed by atoms with Gasteiger partial charge in [0.2, 0.25) is 10.0 Å². The van der Waals surface area contributed by atoms with Gasteiger partial charge in [-0.25, -0.2) is 13.1 Å². The molecule has 0 aromatic heterocycles. The molecule has 1 atom stereocenters. The molecule has 1 aromatic rings. The summed E-state index contributed by atoms with van der Waals surface area (Å²) in [6, 6.07) is 8.83. The van der Waals surface area contributed by atoms with Crippen molar-refractivity contribution in [3.05, 3.63) is 35.9 Å². The van der Waals surface area contributed by atoms with Crippen LogP contribution in [-0.4, -0.2) is 21.0 Å². The minimum atomic E-state index is -3.28. The molecule has 0 spiro atoms. The van der Waals surface area contributed by atoms with Crippen molar-refractivity contribution >= 4 is 10.0 Å². The normalized spacial score (nSPS) is 13.7. The summed E-state index contributed by atoms with van der Waals surface area (Å²) in [5.74, 6) is -0.00181. The van der Waals surface area contributed by atoms with Gasteiger partial charge in [0.05, 0.1) is 5.75 Å². The van der Waals surface area contributed by atoms with E-state index < -0.39 is 10.0 Å². The minimum absolute atomic E-state index is 0.00181. The van der Waals surface area contributed by atoms with Crippen LogP contribution in [-0.2, 0) is 15.8 Å². The maximum absolute atomic E-state index is 11.6. The topological polar surface area (TPSA) is 72.2 Å². The number of rotatable bonds is 5. The number of nitrogens with one attached hydrogen (secondary N) is 1. The lowest BCUT2D eigenvalue weighted by Gasteiger charge is -2.11. The first-order valence-electron chi connectivity index (χ1n) is 4.77. The molecule has 0 bridgehead atoms. The summed E-state index contributed by atoms with van der Waals surface area (Å²) >= 11 is 0. The van der Waals surface area contributed by atoms with Gasteiger partial charge in [0, 0.05) is 12.6 Å². The Bertz CT molecular complexity index is 389. The lowest BCUT2D eigenvalue weighted by molar-refractivity contribution is 0.562. The number of hydrogen-bond acceptors (Lipinski definition) is 3. The second-order valence-corrected chi connectivity index (χ2v) is 5.25. The molecule has 0 aliphatic carbocycles. The van der Waals surface area contributed by atoms with Gasteiger partial charge in [-0.3, -0.25) is 0 Å². The maximum atomic E-state index is 11.6. The highest BCUT2D eigenvalue weighted by Crippen LogP contribution is 2.04. The summed E-state index contributed by atoms with van der Waals surface area (Å²) in [4.78, 5) is 0. The molecule has 84 valence electrons. The van der Waals surface area contributed by atoms with Crippen molar-refractivity contribution in [2.75, 3.05) is 6.54 Å². The van der Waals surface area contributed by atoms with E-state index >= 15 is 0 Å². The second-order valence-electron chi connectivity index (χ2n) is 3.50. The second kappa shape index (κ2) is 5.25. The molecule has 0 saturated heterocycles. The first-order valence-corrected chi connectivity index (χ1v) is 6.43. The van der Waals surface area contributed by atoms with Gasteiger partial charge < -0.3 is 5.73 Å². The Morgan fingerprint density at radius 3 is 2.47 bits per heavy atom. The predicted molar refractivity (Wildman–Crippen MR) is 60.7 cm³/mol. The highest BCUT2D eigenvalue weighted by atomic mass is 32.2. The summed E-state index contributed by atoms with van der Waals surface area (Å²) in [6.45, 7) is 2.04. The highest BCUT2D eigenvalue weighted by Gasteiger charge is 2.13. The van der Waals surface area contributed by atoms with E-state index in [1.807, 2.05) is 18.2 Å². The largest absolute Gasteiger partial charge is 0.329 e. The van der Waals surface area contributed by atoms with Crippen molar-refractivity contribution in [1.82, 2.24) is 4.72 Å². The predicted octanol–water partition coefficient (Wildman–Crippen LogP) is 0.453. The summed E-state index contributed by atoms with van der Waals surface area (Å²) in [5, 5.41) is 0. The zero-order valence-corrected chi connectivity index (χ0v) is 9.50. The smallest absolute Gasteiger partial charge is 0.216 e. The van der Waals surface area contributed by atoms with E-state index in [1.54, 1.807) is 19.1 Å². The van der Waals surface area contributed by atoms with Crippen LogP contribution in [0.25, 0.3) is 0 Å². The van der Waals surface area contributed by atoms with Gasteiger partial charge in [0.15, 0.2) is 0 Å². The van der Waals surface area contributed by atoms with Gasteiger partial charge in [-0.2, -0.15) is 0 Å². The summed E-state index contributed by atoms with van der Waals surface area (Å²) in [5.41, 5.74) is 6.12. The molecule has 0 saturated carbocycles. The Morgan fingerprint density at radius 2 is 1.93 bits per heavy atom. The molecule has 4 nitrogen and oxygen atoms in total. The number of benzene rings is 1. The zero-order valence-electron chi connectivity index (χ0n) is 8.68. The van der Waals surface area contributed by atoms with Crippen LogP contribution in [0.5, 0.6) is 0 Å². The van der Waals surface area contributed by atoms with Crippen LogP contribution in [0, 0.1) is 0 Å². The van der Waals surface area contributed by atoms with Gasteiger partial charge in [-0.15, -0.1) is 0 Å². The van der Waals surface area contributed by atoms with Crippen molar-refractivity contribution in [2.24, 2.45) is 5.73 Å². The Labute approximate surface area is 90.5 Å². The maximum Gasteiger partial charge on any atom is 0.216 e. The fraction of sp³-hybridized carbons (Fsp3) is 0.400. The SMILES string of the molecule is C[C@@H](CN)NS(=O)(=O)Cc1ccccc1. The van der Waals surface area contributed by atoms with Crippen LogP contribution < -0.4 is 10.5 Å². The number of nitrogens with two attached hydrogens (primary N) is 1. The molecule has 0 aliphatic rings. The van der Waals surface area contributed by atoms with Crippen LogP contribution in [0.3, 0.4) is 0 Å². The van der Waals surface area contributed by atoms with Gasteiger partial charge >= 0.3 is 0 Å². The standard InChI is InChI=1S/C10H16N2O2S/c1-9(7-11)12-15(13,14)8-10-5-3-2-4-6-10/h2-6,9,12H,7-8,11H2,1H3/t9-/m0/s1. The highest BCUT2D eigenvalue weighted by molar-refractivity contribution is 7.88. The Hall–Kier alpha value is -0.910. The fourth-order valence-corrected chi connectivity index (χ4v) is 2.61. The molecule has 0 amide bonds. The molecule has 1 aromatic carbocycles. The third-order valence-corrected chi connectivity index (χ3v) is 3.41. The van der Waals surface area contributed by atoms with E-state index in [0.29, 0.717) is 6.54 Å². The molecule has 0 heterocycles. The summed E-state index contributed by atoms with van der Waals surface area (Å²) in [7, 11) is -3.28. The molecule has 1 rings (SSSR count). The van der Waals surface area contributed by atoms with E-state index in [1.165, 1.54) is 0 Å². The van der Waals surface area contributed by atoms with E-state index in [4.69, 9.17) is 5.73 Å². The summed E-state index contributed by atoms with van der Waals surface area (Å²) < 4.78 is 25.7. The third-order valence-electron chi connectivity index (χ3n) is 1.93. The first-order chi connectivity index (χ1) is 7.03. The van der Waals surface area contributed by atoms with E-state index in [0.717, 1.165) is 5.56 Å². The fourth-order valence-electron chi connectivity index (χ4n) is 1.19. The van der Waals surface area contributed by atoms with Crippen LogP contribution in [0.1, 0.15) is 12.5 Å². The Morgan fingerprint density at radius 1 is 1.33 bits per heavy atom. The van der Waals surface area contributed by atoms with Gasteiger partial charge in [0.1, 0.15) is 0 Å². The molecule has 15 heavy (non-hydrogen) atoms. The van der Waals surface area contributed by atoms with Crippen molar-refractivity contribution < 1.29 is 8.42 Å². The molecular formula is C10H16N2O2S. The van der Waals surface area contributed by atoms with Gasteiger partial charge in [-0.1, -0.05) is 30.3 Å². The minimum Gasteiger partial charge on any atom is -0.329 e. The average Bonchev–Trinajstić information content (AvgIpc) is 2.17. The molecule has 0 radical (unpaired) electrons. The number of sulfonamides is 1. The average molecular weight is 228 g/mol. The van der Waals surface area contributed by atoms with E-state index in [-0.39, 0.29) is 11.8 Å². The molecule has 0 unspecified atom stereocenters. The van der Waals surface area contributed by atoms with Crippen molar-refractivity contribution in [3.8, 4) is 0 Å². The van der Waals surface area contributed by atoms with Gasteiger partial charge in [-0.05, 0) is 12.5 Å². The van der Waals surface area contributed by atoms with E-state index in [9.17, 15) is 8.42 Å². The first kappa shape index (κ1) is 12.2. The molecule has 0 aliphatic heterocycles. The molecule has 5 heteroatoms. The van der Waals surface area contributed by atoms with E-state index in [2.05, 4.69) is 4.72 Å². The van der Waals surface area contributed by atoms with Crippen molar-refractivity contribution in [3.63, 3.8) is 0 Å². The van der Waals surface area contributed by atoms with Crippen LogP contribution in [0.15, 0.2) is 30.3 Å². The number of hydrogen-bond donors (Lipinski definition) is 2. The molecule has 0 fully saturated rings. The van der Waals surface area contributed by atoms with Crippen LogP contribution in [0.4, 0.5) is 0 Å². The Balaban J connectivity index is 2.65. The lowest BCUT2D eigenvalue weighted by Crippen LogP contribution is -2.38. The Kier molecular flexibility index (Phi) is 4.26. The van der Waals surface area contributed by atoms with Crippen molar-refractivity contribution in [1.29, 1.82) is 0 Å². The van der Waals surface area contributed by atoms with Crippen molar-refractivity contribution in [2.45, 2.75) is 18.7 Å².